The minimum atomic E-state index is -0.722. The van der Waals surface area contributed by atoms with E-state index in [1.165, 1.54) is 5.56 Å². The molecule has 1 heterocycles. The van der Waals surface area contributed by atoms with Crippen LogP contribution in [-0.2, 0) is 11.2 Å². The first-order valence-electron chi connectivity index (χ1n) is 3.62. The molecule has 0 unspecified atom stereocenters. The highest BCUT2D eigenvalue weighted by Gasteiger charge is 1.97. The van der Waals surface area contributed by atoms with Gasteiger partial charge in [0.1, 0.15) is 0 Å². The number of nitrogens with one attached hydrogen (secondary N) is 1. The lowest BCUT2D eigenvalue weighted by atomic mass is 10.1. The van der Waals surface area contributed by atoms with E-state index < -0.39 is 5.97 Å². The van der Waals surface area contributed by atoms with E-state index in [9.17, 15) is 4.79 Å². The zero-order chi connectivity index (χ0) is 8.10. The summed E-state index contributed by atoms with van der Waals surface area (Å²) in [7, 11) is 0. The van der Waals surface area contributed by atoms with Gasteiger partial charge < -0.3 is 10.1 Å². The van der Waals surface area contributed by atoms with Gasteiger partial charge >= 0.3 is 5.97 Å². The molecule has 0 fully saturated rings. The molecule has 0 aliphatic carbocycles. The van der Waals surface area contributed by atoms with E-state index in [-0.39, 0.29) is 6.42 Å². The maximum atomic E-state index is 10.1. The van der Waals surface area contributed by atoms with Gasteiger partial charge in [-0.05, 0) is 24.5 Å². The van der Waals surface area contributed by atoms with Crippen LogP contribution >= 0.6 is 0 Å². The van der Waals surface area contributed by atoms with Crippen molar-refractivity contribution >= 4 is 5.97 Å². The summed E-state index contributed by atoms with van der Waals surface area (Å²) in [5, 5.41) is 8.33. The minimum absolute atomic E-state index is 0.255. The number of carboxylic acids is 1. The van der Waals surface area contributed by atoms with Crippen molar-refractivity contribution in [3.05, 3.63) is 24.0 Å². The fourth-order valence-electron chi connectivity index (χ4n) is 0.958. The van der Waals surface area contributed by atoms with Gasteiger partial charge in [-0.15, -0.1) is 0 Å². The predicted molar refractivity (Wildman–Crippen MR) is 41.4 cm³/mol. The first kappa shape index (κ1) is 7.85. The lowest BCUT2D eigenvalue weighted by Crippen LogP contribution is -1.94. The molecule has 3 nitrogen and oxygen atoms in total. The predicted octanol–water partition coefficient (Wildman–Crippen LogP) is 1.42. The van der Waals surface area contributed by atoms with E-state index in [0.717, 1.165) is 6.42 Å². The van der Waals surface area contributed by atoms with Crippen LogP contribution in [0.25, 0.3) is 0 Å². The van der Waals surface area contributed by atoms with Gasteiger partial charge in [-0.3, -0.25) is 4.79 Å². The first-order chi connectivity index (χ1) is 5.29. The van der Waals surface area contributed by atoms with Crippen LogP contribution in [0, 0.1) is 0 Å². The zero-order valence-corrected chi connectivity index (χ0v) is 6.21. The molecule has 0 saturated heterocycles. The molecule has 0 aliphatic rings. The van der Waals surface area contributed by atoms with E-state index in [1.54, 1.807) is 0 Å². The molecular weight excluding hydrogens is 142 g/mol. The number of carbonyl (C=O) groups is 1. The Kier molecular flexibility index (Phi) is 2.72. The largest absolute Gasteiger partial charge is 0.481 e. The molecule has 2 N–H and O–H groups in total. The van der Waals surface area contributed by atoms with Gasteiger partial charge in [0.15, 0.2) is 0 Å². The number of hydrogen-bond acceptors (Lipinski definition) is 1. The van der Waals surface area contributed by atoms with Crippen LogP contribution in [0.3, 0.4) is 0 Å². The second-order valence-electron chi connectivity index (χ2n) is 2.47. The molecule has 0 aromatic carbocycles. The highest BCUT2D eigenvalue weighted by Crippen LogP contribution is 2.02. The van der Waals surface area contributed by atoms with Gasteiger partial charge in [0.25, 0.3) is 0 Å². The Bertz CT molecular complexity index is 216. The topological polar surface area (TPSA) is 53.1 Å². The van der Waals surface area contributed by atoms with Gasteiger partial charge in [-0.25, -0.2) is 0 Å². The van der Waals surface area contributed by atoms with Crippen LogP contribution in [-0.4, -0.2) is 16.1 Å². The van der Waals surface area contributed by atoms with E-state index in [1.807, 2.05) is 18.5 Å². The lowest BCUT2D eigenvalue weighted by molar-refractivity contribution is -0.137. The number of hydrogen-bond donors (Lipinski definition) is 2. The van der Waals surface area contributed by atoms with Crippen LogP contribution in [0.1, 0.15) is 18.4 Å². The standard InChI is InChI=1S/C8H11NO2/c10-8(11)3-1-2-7-4-5-9-6-7/h4-6,9H,1-3H2,(H,10,11). The molecule has 60 valence electrons. The second-order valence-corrected chi connectivity index (χ2v) is 2.47. The Morgan fingerprint density at radius 2 is 2.45 bits per heavy atom. The molecule has 0 radical (unpaired) electrons. The summed E-state index contributed by atoms with van der Waals surface area (Å²) in [5.41, 5.74) is 1.17. The van der Waals surface area contributed by atoms with Crippen molar-refractivity contribution in [2.75, 3.05) is 0 Å². The summed E-state index contributed by atoms with van der Waals surface area (Å²) in [5.74, 6) is -0.722. The third-order valence-corrected chi connectivity index (χ3v) is 1.52. The van der Waals surface area contributed by atoms with E-state index in [2.05, 4.69) is 4.98 Å². The fourth-order valence-corrected chi connectivity index (χ4v) is 0.958. The molecule has 0 atom stereocenters. The zero-order valence-electron chi connectivity index (χ0n) is 6.21. The number of aliphatic carboxylic acids is 1. The number of H-pyrrole nitrogens is 1. The van der Waals surface area contributed by atoms with Gasteiger partial charge in [0.05, 0.1) is 0 Å². The minimum Gasteiger partial charge on any atom is -0.481 e. The molecule has 0 amide bonds. The van der Waals surface area contributed by atoms with E-state index >= 15 is 0 Å². The number of aromatic amines is 1. The van der Waals surface area contributed by atoms with Crippen molar-refractivity contribution in [3.8, 4) is 0 Å². The SMILES string of the molecule is O=C(O)CCCc1cc[nH]c1. The van der Waals surface area contributed by atoms with Gasteiger partial charge in [0, 0.05) is 18.8 Å². The summed E-state index contributed by atoms with van der Waals surface area (Å²) in [6, 6.07) is 1.96. The van der Waals surface area contributed by atoms with E-state index in [0.29, 0.717) is 6.42 Å². The number of aryl methyl sites for hydroxylation is 1. The maximum absolute atomic E-state index is 10.1. The summed E-state index contributed by atoms with van der Waals surface area (Å²) in [6.45, 7) is 0. The average Bonchev–Trinajstić information content (AvgIpc) is 2.39. The Labute approximate surface area is 65.1 Å². The quantitative estimate of drug-likeness (QED) is 0.687. The van der Waals surface area contributed by atoms with Crippen LogP contribution in [0.5, 0.6) is 0 Å². The molecule has 11 heavy (non-hydrogen) atoms. The molecule has 0 bridgehead atoms. The smallest absolute Gasteiger partial charge is 0.303 e. The molecule has 1 aromatic rings. The van der Waals surface area contributed by atoms with Crippen LogP contribution < -0.4 is 0 Å². The van der Waals surface area contributed by atoms with Crippen molar-refractivity contribution in [2.24, 2.45) is 0 Å². The summed E-state index contributed by atoms with van der Waals surface area (Å²) >= 11 is 0. The Balaban J connectivity index is 2.19. The highest BCUT2D eigenvalue weighted by molar-refractivity contribution is 5.66. The van der Waals surface area contributed by atoms with Crippen molar-refractivity contribution in [1.29, 1.82) is 0 Å². The molecule has 3 heteroatoms. The molecule has 1 aromatic heterocycles. The Morgan fingerprint density at radius 1 is 1.64 bits per heavy atom. The van der Waals surface area contributed by atoms with Crippen molar-refractivity contribution < 1.29 is 9.90 Å². The Hall–Kier alpha value is -1.25. The maximum Gasteiger partial charge on any atom is 0.303 e. The molecule has 1 rings (SSSR count). The number of aromatic nitrogens is 1. The summed E-state index contributed by atoms with van der Waals surface area (Å²) in [4.78, 5) is 13.0. The normalized spacial score (nSPS) is 9.82. The summed E-state index contributed by atoms with van der Waals surface area (Å²) in [6.07, 6.45) is 5.55. The van der Waals surface area contributed by atoms with Crippen molar-refractivity contribution in [3.63, 3.8) is 0 Å². The number of rotatable bonds is 4. The van der Waals surface area contributed by atoms with E-state index in [4.69, 9.17) is 5.11 Å². The Morgan fingerprint density at radius 3 is 3.00 bits per heavy atom. The summed E-state index contributed by atoms with van der Waals surface area (Å²) < 4.78 is 0. The molecule has 0 saturated carbocycles. The second kappa shape index (κ2) is 3.81. The third kappa shape index (κ3) is 2.89. The monoisotopic (exact) mass is 153 g/mol. The molecule has 0 aliphatic heterocycles. The van der Waals surface area contributed by atoms with Gasteiger partial charge in [-0.2, -0.15) is 0 Å². The van der Waals surface area contributed by atoms with Crippen LogP contribution in [0.2, 0.25) is 0 Å². The average molecular weight is 153 g/mol. The highest BCUT2D eigenvalue weighted by atomic mass is 16.4. The van der Waals surface area contributed by atoms with Gasteiger partial charge in [-0.1, -0.05) is 0 Å². The lowest BCUT2D eigenvalue weighted by Gasteiger charge is -1.92. The molecular formula is C8H11NO2. The van der Waals surface area contributed by atoms with Crippen LogP contribution in [0.4, 0.5) is 0 Å². The number of carboxylic acid groups (broad SMARTS) is 1. The van der Waals surface area contributed by atoms with Crippen molar-refractivity contribution in [2.45, 2.75) is 19.3 Å². The fraction of sp³-hybridized carbons (Fsp3) is 0.375. The molecule has 0 spiro atoms. The van der Waals surface area contributed by atoms with Crippen LogP contribution in [0.15, 0.2) is 18.5 Å². The van der Waals surface area contributed by atoms with Crippen molar-refractivity contribution in [1.82, 2.24) is 4.98 Å². The third-order valence-electron chi connectivity index (χ3n) is 1.52. The van der Waals surface area contributed by atoms with Gasteiger partial charge in [0.2, 0.25) is 0 Å². The first-order valence-corrected chi connectivity index (χ1v) is 3.62.